The molecule has 5 rings (SSSR count). The molecule has 0 radical (unpaired) electrons. The molecule has 3 N–H and O–H groups in total. The summed E-state index contributed by atoms with van der Waals surface area (Å²) in [5, 5.41) is 16.5. The number of carboxylic acids is 1. The van der Waals surface area contributed by atoms with Crippen LogP contribution in [-0.4, -0.2) is 28.9 Å². The van der Waals surface area contributed by atoms with Crippen LogP contribution in [-0.2, 0) is 16.0 Å². The van der Waals surface area contributed by atoms with E-state index in [4.69, 9.17) is 0 Å². The fourth-order valence-electron chi connectivity index (χ4n) is 6.04. The third-order valence-corrected chi connectivity index (χ3v) is 8.59. The summed E-state index contributed by atoms with van der Waals surface area (Å²) >= 11 is 1.43. The van der Waals surface area contributed by atoms with Gasteiger partial charge in [-0.2, -0.15) is 0 Å². The average Bonchev–Trinajstić information content (AvgIpc) is 3.34. The number of hydrogen-bond donors (Lipinski definition) is 3. The fraction of sp³-hybridized carbons (Fsp3) is 0.696. The van der Waals surface area contributed by atoms with Gasteiger partial charge in [0.15, 0.2) is 0 Å². The highest BCUT2D eigenvalue weighted by Gasteiger charge is 2.50. The Bertz CT molecular complexity index is 835. The molecule has 1 heterocycles. The Morgan fingerprint density at radius 2 is 1.60 bits per heavy atom. The molecule has 0 unspecified atom stereocenters. The van der Waals surface area contributed by atoms with E-state index in [1.165, 1.54) is 11.3 Å². The molecule has 2 bridgehead atoms. The molecule has 4 fully saturated rings. The van der Waals surface area contributed by atoms with E-state index in [9.17, 15) is 19.5 Å². The molecule has 4 aliphatic rings. The van der Waals surface area contributed by atoms with Gasteiger partial charge in [-0.1, -0.05) is 19.8 Å². The molecule has 2 atom stereocenters. The number of fused-ring (bicyclic) bond motifs is 3. The molecule has 2 amide bonds. The van der Waals surface area contributed by atoms with Crippen LogP contribution in [0.3, 0.4) is 0 Å². The minimum absolute atomic E-state index is 0.0876. The first-order valence-electron chi connectivity index (χ1n) is 11.4. The Kier molecular flexibility index (Phi) is 6.19. The maximum Gasteiger partial charge on any atom is 0.307 e. The van der Waals surface area contributed by atoms with Crippen LogP contribution in [0.4, 0.5) is 5.00 Å². The first kappa shape index (κ1) is 21.3. The summed E-state index contributed by atoms with van der Waals surface area (Å²) in [5.41, 5.74) is 1.55. The van der Waals surface area contributed by atoms with E-state index >= 15 is 0 Å². The smallest absolute Gasteiger partial charge is 0.307 e. The van der Waals surface area contributed by atoms with Crippen LogP contribution in [0.25, 0.3) is 0 Å². The van der Waals surface area contributed by atoms with Gasteiger partial charge in [-0.15, -0.1) is 11.3 Å². The van der Waals surface area contributed by atoms with Crippen molar-refractivity contribution < 1.29 is 19.5 Å². The number of thiophene rings is 1. The monoisotopic (exact) mass is 432 g/mol. The van der Waals surface area contributed by atoms with Gasteiger partial charge in [0, 0.05) is 10.9 Å². The molecule has 6 nitrogen and oxygen atoms in total. The fourth-order valence-corrected chi connectivity index (χ4v) is 7.18. The summed E-state index contributed by atoms with van der Waals surface area (Å²) in [6.07, 6.45) is 8.65. The number of aliphatic carboxylic acids is 1. The number of anilines is 1. The normalized spacial score (nSPS) is 28.5. The van der Waals surface area contributed by atoms with Crippen molar-refractivity contribution in [3.05, 3.63) is 16.0 Å². The molecule has 1 aromatic heterocycles. The Morgan fingerprint density at radius 3 is 2.17 bits per heavy atom. The van der Waals surface area contributed by atoms with Crippen molar-refractivity contribution in [2.24, 2.45) is 23.7 Å². The van der Waals surface area contributed by atoms with E-state index in [2.05, 4.69) is 10.6 Å². The van der Waals surface area contributed by atoms with Crippen LogP contribution in [0.15, 0.2) is 0 Å². The summed E-state index contributed by atoms with van der Waals surface area (Å²) in [4.78, 5) is 39.4. The van der Waals surface area contributed by atoms with Crippen LogP contribution in [0.2, 0.25) is 0 Å². The molecular weight excluding hydrogens is 400 g/mol. The molecule has 30 heavy (non-hydrogen) atoms. The Hall–Kier alpha value is -1.89. The van der Waals surface area contributed by atoms with Gasteiger partial charge in [0.05, 0.1) is 17.4 Å². The Labute approximate surface area is 181 Å². The van der Waals surface area contributed by atoms with Crippen molar-refractivity contribution >= 4 is 34.1 Å². The number of amides is 2. The Balaban J connectivity index is 1.58. The SMILES string of the molecule is CCc1c(C)sc(NC(=O)[C@H]2C3CCC(CC3)[C@@H]2C(=O)O)c1C(=O)NC1CCCC1. The summed E-state index contributed by atoms with van der Waals surface area (Å²) in [6, 6.07) is 0.205. The van der Waals surface area contributed by atoms with Crippen LogP contribution >= 0.6 is 11.3 Å². The van der Waals surface area contributed by atoms with E-state index in [0.29, 0.717) is 10.6 Å². The summed E-state index contributed by atoms with van der Waals surface area (Å²) in [6.45, 7) is 4.00. The van der Waals surface area contributed by atoms with Gasteiger partial charge in [0.2, 0.25) is 5.91 Å². The summed E-state index contributed by atoms with van der Waals surface area (Å²) in [5.74, 6) is -2.11. The standard InChI is InChI=1S/C23H32N2O4S/c1-3-16-12(2)30-22(19(16)21(27)24-15-6-4-5-7-15)25-20(26)17-13-8-10-14(11-9-13)18(17)23(28)29/h13-15,17-18H,3-11H2,1-2H3,(H,24,27)(H,25,26)(H,28,29)/t13?,14?,17-,18-/m0/s1. The number of rotatable bonds is 6. The van der Waals surface area contributed by atoms with Crippen LogP contribution < -0.4 is 10.6 Å². The number of nitrogens with one attached hydrogen (secondary N) is 2. The Morgan fingerprint density at radius 1 is 1.00 bits per heavy atom. The van der Waals surface area contributed by atoms with Crippen LogP contribution in [0, 0.1) is 30.6 Å². The third-order valence-electron chi connectivity index (χ3n) is 7.52. The molecule has 164 valence electrons. The second-order valence-electron chi connectivity index (χ2n) is 9.20. The highest BCUT2D eigenvalue weighted by atomic mass is 32.1. The quantitative estimate of drug-likeness (QED) is 0.622. The van der Waals surface area contributed by atoms with Gasteiger partial charge in [-0.05, 0) is 69.3 Å². The zero-order valence-corrected chi connectivity index (χ0v) is 18.6. The van der Waals surface area contributed by atoms with Crippen molar-refractivity contribution in [1.29, 1.82) is 0 Å². The molecule has 1 aromatic rings. The molecule has 0 aliphatic heterocycles. The molecule has 4 aliphatic carbocycles. The number of hydrogen-bond acceptors (Lipinski definition) is 4. The number of aryl methyl sites for hydroxylation is 1. The molecule has 4 saturated carbocycles. The van der Waals surface area contributed by atoms with E-state index in [-0.39, 0.29) is 29.7 Å². The minimum Gasteiger partial charge on any atom is -0.481 e. The summed E-state index contributed by atoms with van der Waals surface area (Å²) < 4.78 is 0. The highest BCUT2D eigenvalue weighted by molar-refractivity contribution is 7.16. The highest BCUT2D eigenvalue weighted by Crippen LogP contribution is 2.49. The van der Waals surface area contributed by atoms with Crippen LogP contribution in [0.1, 0.15) is 79.1 Å². The second kappa shape index (κ2) is 8.69. The molecule has 0 spiro atoms. The van der Waals surface area contributed by atoms with Gasteiger partial charge in [-0.3, -0.25) is 14.4 Å². The number of carbonyl (C=O) groups excluding carboxylic acids is 2. The van der Waals surface area contributed by atoms with Gasteiger partial charge in [0.25, 0.3) is 5.91 Å². The van der Waals surface area contributed by atoms with E-state index in [1.54, 1.807) is 0 Å². The van der Waals surface area contributed by atoms with Gasteiger partial charge in [-0.25, -0.2) is 0 Å². The predicted octanol–water partition coefficient (Wildman–Crippen LogP) is 4.37. The molecule has 0 saturated heterocycles. The third kappa shape index (κ3) is 3.88. The lowest BCUT2D eigenvalue weighted by atomic mass is 9.58. The lowest BCUT2D eigenvalue weighted by Gasteiger charge is -2.45. The maximum atomic E-state index is 13.3. The van der Waals surface area contributed by atoms with Crippen molar-refractivity contribution in [2.45, 2.75) is 77.7 Å². The van der Waals surface area contributed by atoms with Crippen molar-refractivity contribution in [3.63, 3.8) is 0 Å². The zero-order chi connectivity index (χ0) is 21.4. The first-order chi connectivity index (χ1) is 14.4. The van der Waals surface area contributed by atoms with E-state index in [1.807, 2.05) is 13.8 Å². The number of carboxylic acid groups (broad SMARTS) is 1. The zero-order valence-electron chi connectivity index (χ0n) is 17.8. The van der Waals surface area contributed by atoms with Gasteiger partial charge < -0.3 is 15.7 Å². The molecular formula is C23H32N2O4S. The maximum absolute atomic E-state index is 13.3. The average molecular weight is 433 g/mol. The first-order valence-corrected chi connectivity index (χ1v) is 12.2. The topological polar surface area (TPSA) is 95.5 Å². The second-order valence-corrected chi connectivity index (χ2v) is 10.4. The van der Waals surface area contributed by atoms with Crippen molar-refractivity contribution in [3.8, 4) is 0 Å². The van der Waals surface area contributed by atoms with Crippen LogP contribution in [0.5, 0.6) is 0 Å². The van der Waals surface area contributed by atoms with Crippen molar-refractivity contribution in [2.75, 3.05) is 5.32 Å². The van der Waals surface area contributed by atoms with Gasteiger partial charge in [0.1, 0.15) is 5.00 Å². The number of carbonyl (C=O) groups is 3. The van der Waals surface area contributed by atoms with E-state index in [0.717, 1.165) is 68.2 Å². The largest absolute Gasteiger partial charge is 0.481 e. The lowest BCUT2D eigenvalue weighted by Crippen LogP contribution is -2.49. The van der Waals surface area contributed by atoms with E-state index < -0.39 is 17.8 Å². The lowest BCUT2D eigenvalue weighted by molar-refractivity contribution is -0.156. The van der Waals surface area contributed by atoms with Gasteiger partial charge >= 0.3 is 5.97 Å². The molecule has 0 aromatic carbocycles. The minimum atomic E-state index is -0.861. The van der Waals surface area contributed by atoms with Crippen molar-refractivity contribution in [1.82, 2.24) is 5.32 Å². The molecule has 7 heteroatoms. The summed E-state index contributed by atoms with van der Waals surface area (Å²) in [7, 11) is 0. The predicted molar refractivity (Wildman–Crippen MR) is 117 cm³/mol.